The third-order valence-electron chi connectivity index (χ3n) is 4.63. The maximum atomic E-state index is 11.2. The van der Waals surface area contributed by atoms with Crippen LogP contribution in [-0.2, 0) is 0 Å². The number of aliphatic imine (C=N–C) groups is 1. The summed E-state index contributed by atoms with van der Waals surface area (Å²) in [6.45, 7) is 4.00. The normalized spacial score (nSPS) is 11.2. The second kappa shape index (κ2) is 7.90. The molecule has 0 aliphatic heterocycles. The first kappa shape index (κ1) is 19.7. The maximum Gasteiger partial charge on any atom is 0.337 e. The van der Waals surface area contributed by atoms with Gasteiger partial charge in [-0.05, 0) is 62.4 Å². The first-order valence-corrected chi connectivity index (χ1v) is 9.19. The topological polar surface area (TPSA) is 57.8 Å². The lowest BCUT2D eigenvalue weighted by Gasteiger charge is -2.11. The van der Waals surface area contributed by atoms with Gasteiger partial charge in [-0.2, -0.15) is 0 Å². The van der Waals surface area contributed by atoms with Crippen molar-refractivity contribution in [2.24, 2.45) is 4.99 Å². The minimum Gasteiger partial charge on any atom is -0.478 e. The first-order chi connectivity index (χ1) is 13.3. The number of nitrogens with zero attached hydrogens (tertiary/aromatic N) is 3. The van der Waals surface area contributed by atoms with E-state index in [4.69, 9.17) is 16.7 Å². The third kappa shape index (κ3) is 3.94. The van der Waals surface area contributed by atoms with Crippen molar-refractivity contribution in [1.29, 1.82) is 0 Å². The Bertz CT molecular complexity index is 1050. The predicted octanol–water partition coefficient (Wildman–Crippen LogP) is 5.26. The lowest BCUT2D eigenvalue weighted by molar-refractivity contribution is 0.0697. The number of rotatable bonds is 5. The zero-order valence-corrected chi connectivity index (χ0v) is 17.0. The van der Waals surface area contributed by atoms with Crippen molar-refractivity contribution in [1.82, 2.24) is 4.57 Å². The van der Waals surface area contributed by atoms with Crippen molar-refractivity contribution in [3.8, 4) is 5.69 Å². The number of carboxylic acid groups (broad SMARTS) is 1. The highest BCUT2D eigenvalue weighted by Gasteiger charge is 2.13. The van der Waals surface area contributed by atoms with Gasteiger partial charge in [0.1, 0.15) is 0 Å². The van der Waals surface area contributed by atoms with E-state index < -0.39 is 5.97 Å². The van der Waals surface area contributed by atoms with Crippen LogP contribution in [0.3, 0.4) is 0 Å². The SMILES string of the molecule is Cc1cc(C=Nc2ccc(N(C)C)cc2)c(C)n1-c1ccc(C(=O)O)c(Cl)c1. The van der Waals surface area contributed by atoms with Crippen LogP contribution in [0.2, 0.25) is 5.02 Å². The lowest BCUT2D eigenvalue weighted by Crippen LogP contribution is -2.07. The molecule has 0 fully saturated rings. The molecule has 0 aliphatic carbocycles. The summed E-state index contributed by atoms with van der Waals surface area (Å²) < 4.78 is 2.04. The molecule has 0 radical (unpaired) electrons. The molecule has 2 aromatic carbocycles. The molecule has 144 valence electrons. The molecule has 3 aromatic rings. The molecule has 0 atom stereocenters. The van der Waals surface area contributed by atoms with Crippen molar-refractivity contribution in [3.05, 3.63) is 76.1 Å². The number of carboxylic acids is 1. The Kier molecular flexibility index (Phi) is 5.56. The minimum absolute atomic E-state index is 0.0934. The van der Waals surface area contributed by atoms with Gasteiger partial charge in [0.05, 0.1) is 16.3 Å². The number of aromatic carboxylic acids is 1. The van der Waals surface area contributed by atoms with Crippen LogP contribution in [0.5, 0.6) is 0 Å². The molecule has 6 heteroatoms. The number of aromatic nitrogens is 1. The predicted molar refractivity (Wildman–Crippen MR) is 115 cm³/mol. The minimum atomic E-state index is -1.04. The van der Waals surface area contributed by atoms with E-state index in [1.165, 1.54) is 6.07 Å². The van der Waals surface area contributed by atoms with Crippen LogP contribution < -0.4 is 4.90 Å². The number of halogens is 1. The summed E-state index contributed by atoms with van der Waals surface area (Å²) in [6.07, 6.45) is 1.84. The summed E-state index contributed by atoms with van der Waals surface area (Å²) in [4.78, 5) is 17.8. The van der Waals surface area contributed by atoms with Crippen molar-refractivity contribution in [3.63, 3.8) is 0 Å². The number of aryl methyl sites for hydroxylation is 1. The standard InChI is InChI=1S/C22H22ClN3O2/c1-14-11-16(13-24-17-5-7-18(8-6-17)25(3)4)15(2)26(14)19-9-10-20(22(27)28)21(23)12-19/h5-13H,1-4H3,(H,27,28). The van der Waals surface area contributed by atoms with Gasteiger partial charge in [0.15, 0.2) is 0 Å². The molecule has 1 heterocycles. The van der Waals surface area contributed by atoms with E-state index >= 15 is 0 Å². The average molecular weight is 396 g/mol. The van der Waals surface area contributed by atoms with E-state index in [-0.39, 0.29) is 10.6 Å². The molecule has 0 amide bonds. The lowest BCUT2D eigenvalue weighted by atomic mass is 10.2. The zero-order valence-electron chi connectivity index (χ0n) is 16.3. The molecule has 1 aromatic heterocycles. The number of anilines is 1. The Hall–Kier alpha value is -3.05. The number of carbonyl (C=O) groups is 1. The monoisotopic (exact) mass is 395 g/mol. The Morgan fingerprint density at radius 3 is 2.36 bits per heavy atom. The molecule has 0 saturated carbocycles. The molecule has 0 aliphatic rings. The summed E-state index contributed by atoms with van der Waals surface area (Å²) in [5.41, 5.74) is 5.93. The third-order valence-corrected chi connectivity index (χ3v) is 4.94. The Morgan fingerprint density at radius 1 is 1.11 bits per heavy atom. The van der Waals surface area contributed by atoms with Gasteiger partial charge < -0.3 is 14.6 Å². The highest BCUT2D eigenvalue weighted by Crippen LogP contribution is 2.25. The molecule has 1 N–H and O–H groups in total. The van der Waals surface area contributed by atoms with Crippen molar-refractivity contribution < 1.29 is 9.90 Å². The van der Waals surface area contributed by atoms with Gasteiger partial charge in [-0.1, -0.05) is 11.6 Å². The van der Waals surface area contributed by atoms with Gasteiger partial charge in [-0.3, -0.25) is 4.99 Å². The van der Waals surface area contributed by atoms with Gasteiger partial charge >= 0.3 is 5.97 Å². The van der Waals surface area contributed by atoms with Crippen molar-refractivity contribution in [2.75, 3.05) is 19.0 Å². The summed E-state index contributed by atoms with van der Waals surface area (Å²) in [6, 6.07) is 15.0. The van der Waals surface area contributed by atoms with E-state index in [1.54, 1.807) is 12.1 Å². The first-order valence-electron chi connectivity index (χ1n) is 8.81. The molecule has 0 spiro atoms. The molecule has 0 saturated heterocycles. The fraction of sp³-hybridized carbons (Fsp3) is 0.182. The van der Waals surface area contributed by atoms with E-state index in [2.05, 4.69) is 4.99 Å². The van der Waals surface area contributed by atoms with Crippen LogP contribution in [0.4, 0.5) is 11.4 Å². The van der Waals surface area contributed by atoms with Crippen LogP contribution in [0.15, 0.2) is 53.5 Å². The summed E-state index contributed by atoms with van der Waals surface area (Å²) in [5.74, 6) is -1.04. The highest BCUT2D eigenvalue weighted by atomic mass is 35.5. The van der Waals surface area contributed by atoms with Gasteiger partial charge in [0, 0.05) is 48.6 Å². The summed E-state index contributed by atoms with van der Waals surface area (Å²) in [5, 5.41) is 9.37. The average Bonchev–Trinajstić information content (AvgIpc) is 2.93. The molecule has 0 bridgehead atoms. The second-order valence-corrected chi connectivity index (χ2v) is 7.21. The van der Waals surface area contributed by atoms with Gasteiger partial charge in [0.2, 0.25) is 0 Å². The van der Waals surface area contributed by atoms with Crippen LogP contribution in [0.25, 0.3) is 5.69 Å². The van der Waals surface area contributed by atoms with Crippen LogP contribution in [-0.4, -0.2) is 36.0 Å². The van der Waals surface area contributed by atoms with Crippen LogP contribution >= 0.6 is 11.6 Å². The van der Waals surface area contributed by atoms with Crippen LogP contribution in [0.1, 0.15) is 27.3 Å². The molecular weight excluding hydrogens is 374 g/mol. The molecule has 3 rings (SSSR count). The Morgan fingerprint density at radius 2 is 1.79 bits per heavy atom. The number of hydrogen-bond donors (Lipinski definition) is 1. The summed E-state index contributed by atoms with van der Waals surface area (Å²) in [7, 11) is 4.00. The van der Waals surface area contributed by atoms with Crippen molar-refractivity contribution >= 4 is 35.2 Å². The Labute approximate surface area is 169 Å². The van der Waals surface area contributed by atoms with Gasteiger partial charge in [-0.15, -0.1) is 0 Å². The Balaban J connectivity index is 1.91. The fourth-order valence-electron chi connectivity index (χ4n) is 3.11. The number of benzene rings is 2. The molecule has 28 heavy (non-hydrogen) atoms. The van der Waals surface area contributed by atoms with E-state index in [1.807, 2.05) is 74.0 Å². The highest BCUT2D eigenvalue weighted by molar-refractivity contribution is 6.33. The molecule has 5 nitrogen and oxygen atoms in total. The van der Waals surface area contributed by atoms with E-state index in [0.29, 0.717) is 0 Å². The largest absolute Gasteiger partial charge is 0.478 e. The maximum absolute atomic E-state index is 11.2. The van der Waals surface area contributed by atoms with E-state index in [9.17, 15) is 4.79 Å². The quantitative estimate of drug-likeness (QED) is 0.599. The smallest absolute Gasteiger partial charge is 0.337 e. The summed E-state index contributed by atoms with van der Waals surface area (Å²) >= 11 is 6.14. The molecular formula is C22H22ClN3O2. The molecule has 0 unspecified atom stereocenters. The van der Waals surface area contributed by atoms with Crippen molar-refractivity contribution in [2.45, 2.75) is 13.8 Å². The van der Waals surface area contributed by atoms with E-state index in [0.717, 1.165) is 34.0 Å². The zero-order chi connectivity index (χ0) is 20.4. The van der Waals surface area contributed by atoms with Gasteiger partial charge in [0.25, 0.3) is 0 Å². The van der Waals surface area contributed by atoms with Gasteiger partial charge in [-0.25, -0.2) is 4.79 Å². The fourth-order valence-corrected chi connectivity index (χ4v) is 3.37. The number of hydrogen-bond acceptors (Lipinski definition) is 3. The van der Waals surface area contributed by atoms with Crippen LogP contribution in [0, 0.1) is 13.8 Å². The second-order valence-electron chi connectivity index (χ2n) is 6.80.